The highest BCUT2D eigenvalue weighted by atomic mass is 16.2. The van der Waals surface area contributed by atoms with E-state index in [-0.39, 0.29) is 5.91 Å². The molecule has 3 atom stereocenters. The maximum absolute atomic E-state index is 11.8. The van der Waals surface area contributed by atoms with Gasteiger partial charge in [0, 0.05) is 12.6 Å². The van der Waals surface area contributed by atoms with Crippen LogP contribution in [-0.2, 0) is 4.79 Å². The van der Waals surface area contributed by atoms with Crippen LogP contribution < -0.4 is 5.73 Å². The molecule has 0 aromatic carbocycles. The third-order valence-corrected chi connectivity index (χ3v) is 2.80. The second kappa shape index (κ2) is 4.60. The lowest BCUT2D eigenvalue weighted by Crippen LogP contribution is -2.45. The lowest BCUT2D eigenvalue weighted by molar-refractivity contribution is -0.133. The van der Waals surface area contributed by atoms with E-state index < -0.39 is 6.04 Å². The number of amides is 1. The highest BCUT2D eigenvalue weighted by Gasteiger charge is 2.31. The smallest absolute Gasteiger partial charge is 0.240 e. The monoisotopic (exact) mass is 196 g/mol. The van der Waals surface area contributed by atoms with Crippen LogP contribution in [0.1, 0.15) is 26.7 Å². The number of likely N-dealkylation sites (tertiary alicyclic amines) is 1. The Bertz CT molecular complexity index is 227. The summed E-state index contributed by atoms with van der Waals surface area (Å²) in [6.45, 7) is 8.70. The Morgan fingerprint density at radius 2 is 2.36 bits per heavy atom. The number of hydrogen-bond donors (Lipinski definition) is 1. The van der Waals surface area contributed by atoms with Gasteiger partial charge in [-0.2, -0.15) is 0 Å². The van der Waals surface area contributed by atoms with E-state index >= 15 is 0 Å². The fourth-order valence-electron chi connectivity index (χ4n) is 2.10. The molecular formula is C11H20N2O. The van der Waals surface area contributed by atoms with E-state index in [1.54, 1.807) is 6.08 Å². The van der Waals surface area contributed by atoms with Gasteiger partial charge in [0.2, 0.25) is 5.91 Å². The van der Waals surface area contributed by atoms with Crippen LogP contribution in [-0.4, -0.2) is 29.4 Å². The van der Waals surface area contributed by atoms with E-state index in [2.05, 4.69) is 20.4 Å². The van der Waals surface area contributed by atoms with Gasteiger partial charge in [-0.15, -0.1) is 6.58 Å². The lowest BCUT2D eigenvalue weighted by Gasteiger charge is -2.24. The summed E-state index contributed by atoms with van der Waals surface area (Å²) >= 11 is 0. The van der Waals surface area contributed by atoms with Crippen molar-refractivity contribution in [3.8, 4) is 0 Å². The Hall–Kier alpha value is -0.830. The molecular weight excluding hydrogens is 176 g/mol. The molecule has 0 aromatic heterocycles. The molecule has 0 spiro atoms. The van der Waals surface area contributed by atoms with Gasteiger partial charge in [-0.25, -0.2) is 0 Å². The van der Waals surface area contributed by atoms with E-state index in [0.29, 0.717) is 18.4 Å². The van der Waals surface area contributed by atoms with Gasteiger partial charge in [0.05, 0.1) is 6.04 Å². The van der Waals surface area contributed by atoms with Crippen molar-refractivity contribution in [3.63, 3.8) is 0 Å². The molecule has 14 heavy (non-hydrogen) atoms. The number of carbonyl (C=O) groups is 1. The summed E-state index contributed by atoms with van der Waals surface area (Å²) in [4.78, 5) is 13.7. The summed E-state index contributed by atoms with van der Waals surface area (Å²) in [6, 6.07) is -0.0615. The maximum Gasteiger partial charge on any atom is 0.240 e. The molecule has 1 aliphatic heterocycles. The first-order chi connectivity index (χ1) is 6.56. The van der Waals surface area contributed by atoms with E-state index in [1.165, 1.54) is 0 Å². The number of carbonyl (C=O) groups excluding carboxylic acids is 1. The SMILES string of the molecule is C=CCC(N)C(=O)N1CC(C)CC1C. The molecule has 0 saturated carbocycles. The summed E-state index contributed by atoms with van der Waals surface area (Å²) in [5, 5.41) is 0. The first-order valence-electron chi connectivity index (χ1n) is 5.23. The van der Waals surface area contributed by atoms with E-state index in [0.717, 1.165) is 13.0 Å². The second-order valence-electron chi connectivity index (χ2n) is 4.31. The van der Waals surface area contributed by atoms with E-state index in [4.69, 9.17) is 5.73 Å². The first-order valence-corrected chi connectivity index (χ1v) is 5.23. The molecule has 3 unspecified atom stereocenters. The number of rotatable bonds is 3. The van der Waals surface area contributed by atoms with Crippen LogP contribution in [0.5, 0.6) is 0 Å². The van der Waals surface area contributed by atoms with Gasteiger partial charge < -0.3 is 10.6 Å². The van der Waals surface area contributed by atoms with Crippen LogP contribution in [0.3, 0.4) is 0 Å². The maximum atomic E-state index is 11.8. The molecule has 1 fully saturated rings. The number of hydrogen-bond acceptors (Lipinski definition) is 2. The second-order valence-corrected chi connectivity index (χ2v) is 4.31. The van der Waals surface area contributed by atoms with Crippen LogP contribution >= 0.6 is 0 Å². The molecule has 0 bridgehead atoms. The van der Waals surface area contributed by atoms with Crippen LogP contribution in [0.25, 0.3) is 0 Å². The minimum atomic E-state index is -0.403. The summed E-state index contributed by atoms with van der Waals surface area (Å²) in [5.74, 6) is 0.673. The number of nitrogens with zero attached hydrogens (tertiary/aromatic N) is 1. The van der Waals surface area contributed by atoms with Crippen molar-refractivity contribution in [1.82, 2.24) is 4.90 Å². The minimum Gasteiger partial charge on any atom is -0.338 e. The lowest BCUT2D eigenvalue weighted by atomic mass is 10.1. The molecule has 0 aliphatic carbocycles. The molecule has 0 aromatic rings. The predicted octanol–water partition coefficient (Wildman–Crippen LogP) is 1.15. The van der Waals surface area contributed by atoms with E-state index in [1.807, 2.05) is 4.90 Å². The quantitative estimate of drug-likeness (QED) is 0.688. The zero-order chi connectivity index (χ0) is 10.7. The highest BCUT2D eigenvalue weighted by molar-refractivity contribution is 5.82. The van der Waals surface area contributed by atoms with Gasteiger partial charge in [0.1, 0.15) is 0 Å². The molecule has 1 heterocycles. The van der Waals surface area contributed by atoms with Gasteiger partial charge in [-0.1, -0.05) is 13.0 Å². The fraction of sp³-hybridized carbons (Fsp3) is 0.727. The summed E-state index contributed by atoms with van der Waals surface area (Å²) in [7, 11) is 0. The zero-order valence-corrected chi connectivity index (χ0v) is 9.07. The van der Waals surface area contributed by atoms with Crippen molar-refractivity contribution in [1.29, 1.82) is 0 Å². The average molecular weight is 196 g/mol. The average Bonchev–Trinajstić information content (AvgIpc) is 2.44. The van der Waals surface area contributed by atoms with Gasteiger partial charge in [-0.05, 0) is 25.7 Å². The first kappa shape index (κ1) is 11.2. The van der Waals surface area contributed by atoms with Crippen molar-refractivity contribution < 1.29 is 4.79 Å². The molecule has 1 saturated heterocycles. The molecule has 1 rings (SSSR count). The minimum absolute atomic E-state index is 0.0711. The number of nitrogens with two attached hydrogens (primary N) is 1. The van der Waals surface area contributed by atoms with Gasteiger partial charge in [0.25, 0.3) is 0 Å². The Balaban J connectivity index is 2.56. The van der Waals surface area contributed by atoms with Crippen LogP contribution in [0, 0.1) is 5.92 Å². The van der Waals surface area contributed by atoms with Crippen LogP contribution in [0.2, 0.25) is 0 Å². The Labute approximate surface area is 86.0 Å². The van der Waals surface area contributed by atoms with E-state index in [9.17, 15) is 4.79 Å². The van der Waals surface area contributed by atoms with Crippen molar-refractivity contribution in [2.75, 3.05) is 6.54 Å². The topological polar surface area (TPSA) is 46.3 Å². The molecule has 3 nitrogen and oxygen atoms in total. The van der Waals surface area contributed by atoms with Crippen LogP contribution in [0.4, 0.5) is 0 Å². The molecule has 1 aliphatic rings. The normalized spacial score (nSPS) is 28.9. The third kappa shape index (κ3) is 2.35. The van der Waals surface area contributed by atoms with Crippen molar-refractivity contribution >= 4 is 5.91 Å². The highest BCUT2D eigenvalue weighted by Crippen LogP contribution is 2.22. The summed E-state index contributed by atoms with van der Waals surface area (Å²) in [5.41, 5.74) is 5.75. The standard InChI is InChI=1S/C11H20N2O/c1-4-5-10(12)11(14)13-7-8(2)6-9(13)3/h4,8-10H,1,5-7,12H2,2-3H3. The van der Waals surface area contributed by atoms with Crippen molar-refractivity contribution in [2.24, 2.45) is 11.7 Å². The Morgan fingerprint density at radius 1 is 1.71 bits per heavy atom. The van der Waals surface area contributed by atoms with Gasteiger partial charge in [-0.3, -0.25) is 4.79 Å². The molecule has 0 radical (unpaired) electrons. The molecule has 1 amide bonds. The molecule has 80 valence electrons. The fourth-order valence-corrected chi connectivity index (χ4v) is 2.10. The van der Waals surface area contributed by atoms with Gasteiger partial charge in [0.15, 0.2) is 0 Å². The van der Waals surface area contributed by atoms with Crippen molar-refractivity contribution in [3.05, 3.63) is 12.7 Å². The van der Waals surface area contributed by atoms with Crippen molar-refractivity contribution in [2.45, 2.75) is 38.8 Å². The van der Waals surface area contributed by atoms with Crippen LogP contribution in [0.15, 0.2) is 12.7 Å². The summed E-state index contributed by atoms with van der Waals surface area (Å²) < 4.78 is 0. The predicted molar refractivity (Wildman–Crippen MR) is 57.7 cm³/mol. The van der Waals surface area contributed by atoms with Gasteiger partial charge >= 0.3 is 0 Å². The zero-order valence-electron chi connectivity index (χ0n) is 9.07. The Morgan fingerprint density at radius 3 is 2.79 bits per heavy atom. The molecule has 3 heteroatoms. The Kier molecular flexibility index (Phi) is 3.69. The summed E-state index contributed by atoms with van der Waals surface area (Å²) in [6.07, 6.45) is 3.36. The molecule has 2 N–H and O–H groups in total. The largest absolute Gasteiger partial charge is 0.338 e. The third-order valence-electron chi connectivity index (χ3n) is 2.80.